The van der Waals surface area contributed by atoms with Crippen molar-refractivity contribution in [2.24, 2.45) is 0 Å². The van der Waals surface area contributed by atoms with Crippen LogP contribution in [-0.4, -0.2) is 43.0 Å². The largest absolute Gasteiger partial charge is 0.573 e. The van der Waals surface area contributed by atoms with Crippen molar-refractivity contribution in [3.63, 3.8) is 0 Å². The van der Waals surface area contributed by atoms with Gasteiger partial charge in [0.1, 0.15) is 5.75 Å². The predicted molar refractivity (Wildman–Crippen MR) is 98.2 cm³/mol. The SMILES string of the molecule is COCC(C)n1c(C)cc(C(=O)COC(=O)c2ccc(OC(F)(F)F)cc2)c1C. The number of ether oxygens (including phenoxy) is 3. The van der Waals surface area contributed by atoms with Crippen LogP contribution in [0, 0.1) is 13.8 Å². The number of esters is 1. The Labute approximate surface area is 166 Å². The number of rotatable bonds is 8. The van der Waals surface area contributed by atoms with E-state index in [-0.39, 0.29) is 17.4 Å². The topological polar surface area (TPSA) is 66.8 Å². The molecule has 0 saturated heterocycles. The van der Waals surface area contributed by atoms with Crippen LogP contribution >= 0.6 is 0 Å². The van der Waals surface area contributed by atoms with Gasteiger partial charge in [-0.3, -0.25) is 4.79 Å². The lowest BCUT2D eigenvalue weighted by atomic mass is 10.1. The van der Waals surface area contributed by atoms with Crippen LogP contribution in [0.5, 0.6) is 5.75 Å². The molecule has 0 aliphatic rings. The Balaban J connectivity index is 2.02. The van der Waals surface area contributed by atoms with Crippen molar-refractivity contribution in [3.05, 3.63) is 52.8 Å². The van der Waals surface area contributed by atoms with Gasteiger partial charge in [0, 0.05) is 24.1 Å². The summed E-state index contributed by atoms with van der Waals surface area (Å²) in [7, 11) is 1.60. The van der Waals surface area contributed by atoms with E-state index >= 15 is 0 Å². The highest BCUT2D eigenvalue weighted by Gasteiger charge is 2.31. The zero-order chi connectivity index (χ0) is 21.8. The lowest BCUT2D eigenvalue weighted by Crippen LogP contribution is -2.18. The van der Waals surface area contributed by atoms with Crippen molar-refractivity contribution in [1.29, 1.82) is 0 Å². The van der Waals surface area contributed by atoms with Crippen LogP contribution in [0.1, 0.15) is 45.1 Å². The molecule has 0 radical (unpaired) electrons. The number of halogens is 3. The van der Waals surface area contributed by atoms with Gasteiger partial charge in [-0.1, -0.05) is 0 Å². The molecule has 29 heavy (non-hydrogen) atoms. The van der Waals surface area contributed by atoms with Gasteiger partial charge in [0.25, 0.3) is 0 Å². The van der Waals surface area contributed by atoms with Gasteiger partial charge in [-0.2, -0.15) is 0 Å². The van der Waals surface area contributed by atoms with Gasteiger partial charge < -0.3 is 18.8 Å². The van der Waals surface area contributed by atoms with Crippen LogP contribution < -0.4 is 4.74 Å². The summed E-state index contributed by atoms with van der Waals surface area (Å²) in [6.07, 6.45) is -4.82. The third-order valence-corrected chi connectivity index (χ3v) is 4.29. The van der Waals surface area contributed by atoms with Crippen molar-refractivity contribution in [1.82, 2.24) is 4.57 Å². The average Bonchev–Trinajstić information content (AvgIpc) is 2.93. The van der Waals surface area contributed by atoms with E-state index in [1.54, 1.807) is 20.1 Å². The van der Waals surface area contributed by atoms with Gasteiger partial charge >= 0.3 is 12.3 Å². The number of aromatic nitrogens is 1. The maximum atomic E-state index is 12.5. The summed E-state index contributed by atoms with van der Waals surface area (Å²) in [5.41, 5.74) is 2.06. The lowest BCUT2D eigenvalue weighted by molar-refractivity contribution is -0.274. The Morgan fingerprint density at radius 1 is 1.14 bits per heavy atom. The summed E-state index contributed by atoms with van der Waals surface area (Å²) in [6.45, 7) is 5.62. The molecule has 1 aromatic heterocycles. The van der Waals surface area contributed by atoms with E-state index in [4.69, 9.17) is 9.47 Å². The van der Waals surface area contributed by atoms with E-state index in [2.05, 4.69) is 4.74 Å². The van der Waals surface area contributed by atoms with Crippen molar-refractivity contribution in [3.8, 4) is 5.75 Å². The minimum Gasteiger partial charge on any atom is -0.454 e. The number of alkyl halides is 3. The van der Waals surface area contributed by atoms with E-state index < -0.39 is 24.7 Å². The van der Waals surface area contributed by atoms with Crippen LogP contribution in [0.4, 0.5) is 13.2 Å². The molecule has 1 atom stereocenters. The fourth-order valence-corrected chi connectivity index (χ4v) is 3.14. The zero-order valence-electron chi connectivity index (χ0n) is 16.5. The molecule has 2 aromatic rings. The second-order valence-corrected chi connectivity index (χ2v) is 6.53. The first-order valence-electron chi connectivity index (χ1n) is 8.77. The van der Waals surface area contributed by atoms with E-state index in [0.29, 0.717) is 12.2 Å². The molecule has 158 valence electrons. The third kappa shape index (κ3) is 5.83. The fourth-order valence-electron chi connectivity index (χ4n) is 3.14. The highest BCUT2D eigenvalue weighted by Crippen LogP contribution is 2.23. The van der Waals surface area contributed by atoms with Gasteiger partial charge in [-0.05, 0) is 51.1 Å². The number of ketones is 1. The maximum Gasteiger partial charge on any atom is 0.573 e. The molecule has 0 aliphatic carbocycles. The van der Waals surface area contributed by atoms with Crippen molar-refractivity contribution >= 4 is 11.8 Å². The van der Waals surface area contributed by atoms with E-state index in [1.807, 2.05) is 18.4 Å². The highest BCUT2D eigenvalue weighted by molar-refractivity contribution is 6.00. The molecule has 1 unspecified atom stereocenters. The molecule has 6 nitrogen and oxygen atoms in total. The minimum atomic E-state index is -4.82. The molecule has 2 rings (SSSR count). The van der Waals surface area contributed by atoms with Gasteiger partial charge in [0.05, 0.1) is 18.2 Å². The number of carbonyl (C=O) groups excluding carboxylic acids is 2. The number of benzene rings is 1. The van der Waals surface area contributed by atoms with Gasteiger partial charge in [-0.25, -0.2) is 4.79 Å². The molecule has 0 spiro atoms. The second-order valence-electron chi connectivity index (χ2n) is 6.53. The monoisotopic (exact) mass is 413 g/mol. The summed E-state index contributed by atoms with van der Waals surface area (Å²) in [4.78, 5) is 24.6. The van der Waals surface area contributed by atoms with Gasteiger partial charge in [-0.15, -0.1) is 13.2 Å². The first-order chi connectivity index (χ1) is 13.5. The van der Waals surface area contributed by atoms with Gasteiger partial charge in [0.15, 0.2) is 6.61 Å². The number of Topliss-reactive ketones (excluding diaryl/α,β-unsaturated/α-hetero) is 1. The third-order valence-electron chi connectivity index (χ3n) is 4.29. The Bertz CT molecular complexity index is 871. The average molecular weight is 413 g/mol. The van der Waals surface area contributed by atoms with Crippen LogP contribution in [-0.2, 0) is 9.47 Å². The predicted octanol–water partition coefficient (Wildman–Crippen LogP) is 4.25. The summed E-state index contributed by atoms with van der Waals surface area (Å²) in [6, 6.07) is 6.01. The van der Waals surface area contributed by atoms with Crippen molar-refractivity contribution < 1.29 is 37.0 Å². The van der Waals surface area contributed by atoms with Crippen LogP contribution in [0.25, 0.3) is 0 Å². The molecule has 1 heterocycles. The summed E-state index contributed by atoms with van der Waals surface area (Å²) in [5.74, 6) is -1.65. The molecular formula is C20H22F3NO5. The molecule has 0 fully saturated rings. The standard InChI is InChI=1S/C20H22F3NO5/c1-12-9-17(14(3)24(12)13(2)10-27-4)18(25)11-28-19(26)15-5-7-16(8-6-15)29-20(21,22)23/h5-9,13H,10-11H2,1-4H3. The number of nitrogens with zero attached hydrogens (tertiary/aromatic N) is 1. The Morgan fingerprint density at radius 2 is 1.76 bits per heavy atom. The number of carbonyl (C=O) groups is 2. The molecule has 0 N–H and O–H groups in total. The minimum absolute atomic E-state index is 0.00603. The Morgan fingerprint density at radius 3 is 2.31 bits per heavy atom. The van der Waals surface area contributed by atoms with Crippen molar-refractivity contribution in [2.75, 3.05) is 20.3 Å². The van der Waals surface area contributed by atoms with E-state index in [1.165, 1.54) is 0 Å². The first kappa shape index (κ1) is 22.5. The molecule has 0 saturated carbocycles. The quantitative estimate of drug-likeness (QED) is 0.478. The van der Waals surface area contributed by atoms with Crippen molar-refractivity contribution in [2.45, 2.75) is 33.2 Å². The molecule has 0 amide bonds. The smallest absolute Gasteiger partial charge is 0.454 e. The van der Waals surface area contributed by atoms with Crippen LogP contribution in [0.15, 0.2) is 30.3 Å². The van der Waals surface area contributed by atoms with E-state index in [9.17, 15) is 22.8 Å². The zero-order valence-corrected chi connectivity index (χ0v) is 16.5. The van der Waals surface area contributed by atoms with E-state index in [0.717, 1.165) is 35.7 Å². The summed E-state index contributed by atoms with van der Waals surface area (Å²) in [5, 5.41) is 0. The molecule has 1 aromatic carbocycles. The Hall–Kier alpha value is -2.81. The molecule has 0 aliphatic heterocycles. The Kier molecular flexibility index (Phi) is 7.07. The summed E-state index contributed by atoms with van der Waals surface area (Å²) < 4.78 is 52.4. The number of methoxy groups -OCH3 is 1. The first-order valence-corrected chi connectivity index (χ1v) is 8.77. The molecule has 0 bridgehead atoms. The number of aryl methyl sites for hydroxylation is 1. The maximum absolute atomic E-state index is 12.5. The normalized spacial score (nSPS) is 12.5. The lowest BCUT2D eigenvalue weighted by Gasteiger charge is -2.17. The van der Waals surface area contributed by atoms with Crippen LogP contribution in [0.3, 0.4) is 0 Å². The molecular weight excluding hydrogens is 391 g/mol. The van der Waals surface area contributed by atoms with Crippen LogP contribution in [0.2, 0.25) is 0 Å². The van der Waals surface area contributed by atoms with Gasteiger partial charge in [0.2, 0.25) is 5.78 Å². The number of hydrogen-bond acceptors (Lipinski definition) is 5. The molecule has 9 heteroatoms. The summed E-state index contributed by atoms with van der Waals surface area (Å²) >= 11 is 0. The fraction of sp³-hybridized carbons (Fsp3) is 0.400. The number of hydrogen-bond donors (Lipinski definition) is 0. The highest BCUT2D eigenvalue weighted by atomic mass is 19.4. The second kappa shape index (κ2) is 9.13.